The predicted molar refractivity (Wildman–Crippen MR) is 163 cm³/mol. The Hall–Kier alpha value is -5.44. The minimum atomic E-state index is -4.46. The molecule has 0 atom stereocenters. The number of carbonyl (C=O) groups is 2. The van der Waals surface area contributed by atoms with Crippen LogP contribution in [-0.2, 0) is 25.8 Å². The van der Waals surface area contributed by atoms with Crippen molar-refractivity contribution in [2.45, 2.75) is 25.8 Å². The van der Waals surface area contributed by atoms with Gasteiger partial charge in [-0.3, -0.25) is 9.78 Å². The molecule has 4 aromatic carbocycles. The Balaban J connectivity index is 1.23. The van der Waals surface area contributed by atoms with Gasteiger partial charge in [-0.1, -0.05) is 72.8 Å². The molecule has 5 rings (SSSR count). The lowest BCUT2D eigenvalue weighted by atomic mass is 10.0. The fourth-order valence-electron chi connectivity index (χ4n) is 4.57. The van der Waals surface area contributed by atoms with Gasteiger partial charge in [0.2, 0.25) is 0 Å². The van der Waals surface area contributed by atoms with Crippen molar-refractivity contribution in [2.75, 3.05) is 5.32 Å². The van der Waals surface area contributed by atoms with Crippen LogP contribution in [0.4, 0.5) is 23.7 Å². The summed E-state index contributed by atoms with van der Waals surface area (Å²) in [5.41, 5.74) is 4.74. The highest BCUT2D eigenvalue weighted by molar-refractivity contribution is 5.94. The molecule has 2 N–H and O–H groups in total. The number of rotatable bonds is 9. The Morgan fingerprint density at radius 3 is 1.89 bits per heavy atom. The molecule has 1 heterocycles. The van der Waals surface area contributed by atoms with Crippen LogP contribution in [0.25, 0.3) is 11.1 Å². The van der Waals surface area contributed by atoms with Crippen LogP contribution in [0.5, 0.6) is 0 Å². The monoisotopic (exact) mass is 594 g/mol. The number of anilines is 1. The van der Waals surface area contributed by atoms with Gasteiger partial charge in [0, 0.05) is 43.3 Å². The molecular weight excluding hydrogens is 565 g/mol. The molecule has 0 radical (unpaired) electrons. The number of pyridine rings is 1. The Morgan fingerprint density at radius 1 is 0.682 bits per heavy atom. The SMILES string of the molecule is O=C(NCc1ccc(-c2ccc(CN(Cc3cccnc3)C(=O)Nc3ccc(C(F)(F)F)cc3)cc2)cc1)c1ccccc1. The second-order valence-corrected chi connectivity index (χ2v) is 10.2. The van der Waals surface area contributed by atoms with Crippen LogP contribution in [0.15, 0.2) is 128 Å². The first-order chi connectivity index (χ1) is 21.2. The minimum Gasteiger partial charge on any atom is -0.348 e. The number of hydrogen-bond acceptors (Lipinski definition) is 3. The first-order valence-electron chi connectivity index (χ1n) is 13.9. The van der Waals surface area contributed by atoms with E-state index in [0.29, 0.717) is 12.1 Å². The molecule has 0 aliphatic rings. The second-order valence-electron chi connectivity index (χ2n) is 10.2. The number of amides is 3. The van der Waals surface area contributed by atoms with Crippen molar-refractivity contribution in [2.24, 2.45) is 0 Å². The molecule has 6 nitrogen and oxygen atoms in total. The molecule has 0 saturated carbocycles. The summed E-state index contributed by atoms with van der Waals surface area (Å²) in [5, 5.41) is 5.63. The van der Waals surface area contributed by atoms with Gasteiger partial charge in [0.15, 0.2) is 0 Å². The van der Waals surface area contributed by atoms with E-state index < -0.39 is 17.8 Å². The summed E-state index contributed by atoms with van der Waals surface area (Å²) >= 11 is 0. The summed E-state index contributed by atoms with van der Waals surface area (Å²) < 4.78 is 38.8. The topological polar surface area (TPSA) is 74.3 Å². The number of nitrogens with one attached hydrogen (secondary N) is 2. The molecule has 0 saturated heterocycles. The van der Waals surface area contributed by atoms with Gasteiger partial charge in [-0.2, -0.15) is 13.2 Å². The lowest BCUT2D eigenvalue weighted by Crippen LogP contribution is -2.34. The number of halogens is 3. The van der Waals surface area contributed by atoms with Crippen LogP contribution in [0.3, 0.4) is 0 Å². The molecule has 222 valence electrons. The van der Waals surface area contributed by atoms with Gasteiger partial charge >= 0.3 is 12.2 Å². The standard InChI is InChI=1S/C35H29F3N4O2/c36-35(37,38)31-16-18-32(19-17-31)41-34(44)42(24-27-5-4-20-39-21-27)23-26-10-14-29(15-11-26)28-12-8-25(9-13-28)22-40-33(43)30-6-2-1-3-7-30/h1-21H,22-24H2,(H,40,43)(H,41,44). The Labute approximate surface area is 253 Å². The van der Waals surface area contributed by atoms with Gasteiger partial charge in [-0.15, -0.1) is 0 Å². The van der Waals surface area contributed by atoms with Crippen LogP contribution in [0.2, 0.25) is 0 Å². The minimum absolute atomic E-state index is 0.129. The summed E-state index contributed by atoms with van der Waals surface area (Å²) in [6.07, 6.45) is -1.15. The number of hydrogen-bond donors (Lipinski definition) is 2. The highest BCUT2D eigenvalue weighted by Gasteiger charge is 2.30. The maximum atomic E-state index is 13.2. The van der Waals surface area contributed by atoms with Gasteiger partial charge in [0.25, 0.3) is 5.91 Å². The van der Waals surface area contributed by atoms with Gasteiger partial charge in [-0.05, 0) is 70.3 Å². The molecule has 0 aliphatic heterocycles. The average molecular weight is 595 g/mol. The summed E-state index contributed by atoms with van der Waals surface area (Å²) in [7, 11) is 0. The first-order valence-corrected chi connectivity index (χ1v) is 13.9. The third-order valence-corrected chi connectivity index (χ3v) is 6.95. The van der Waals surface area contributed by atoms with E-state index >= 15 is 0 Å². The van der Waals surface area contributed by atoms with Crippen molar-refractivity contribution in [3.63, 3.8) is 0 Å². The van der Waals surface area contributed by atoms with Crippen molar-refractivity contribution < 1.29 is 22.8 Å². The largest absolute Gasteiger partial charge is 0.416 e. The Bertz CT molecular complexity index is 1680. The molecule has 0 spiro atoms. The third-order valence-electron chi connectivity index (χ3n) is 6.95. The van der Waals surface area contributed by atoms with Crippen LogP contribution in [0.1, 0.15) is 32.6 Å². The van der Waals surface area contributed by atoms with Crippen LogP contribution in [0, 0.1) is 0 Å². The van der Waals surface area contributed by atoms with Crippen LogP contribution >= 0.6 is 0 Å². The van der Waals surface area contributed by atoms with E-state index in [1.54, 1.807) is 35.5 Å². The smallest absolute Gasteiger partial charge is 0.348 e. The molecule has 3 amide bonds. The number of aromatic nitrogens is 1. The summed E-state index contributed by atoms with van der Waals surface area (Å²) in [6.45, 7) is 0.931. The zero-order valence-corrected chi connectivity index (χ0v) is 23.6. The molecule has 44 heavy (non-hydrogen) atoms. The number of benzene rings is 4. The van der Waals surface area contributed by atoms with Crippen molar-refractivity contribution in [3.05, 3.63) is 155 Å². The zero-order chi connectivity index (χ0) is 30.9. The first kappa shape index (κ1) is 30.0. The van der Waals surface area contributed by atoms with E-state index in [2.05, 4.69) is 15.6 Å². The number of alkyl halides is 3. The zero-order valence-electron chi connectivity index (χ0n) is 23.6. The molecular formula is C35H29F3N4O2. The molecule has 1 aromatic heterocycles. The molecule has 0 unspecified atom stereocenters. The number of carbonyl (C=O) groups excluding carboxylic acids is 2. The Kier molecular flexibility index (Phi) is 9.34. The maximum Gasteiger partial charge on any atom is 0.416 e. The van der Waals surface area contributed by atoms with Gasteiger partial charge < -0.3 is 15.5 Å². The van der Waals surface area contributed by atoms with Crippen molar-refractivity contribution in [1.29, 1.82) is 0 Å². The van der Waals surface area contributed by atoms with Gasteiger partial charge in [0.05, 0.1) is 5.56 Å². The normalized spacial score (nSPS) is 11.1. The highest BCUT2D eigenvalue weighted by atomic mass is 19.4. The Morgan fingerprint density at radius 2 is 1.30 bits per heavy atom. The van der Waals surface area contributed by atoms with E-state index in [4.69, 9.17) is 0 Å². The third kappa shape index (κ3) is 8.10. The van der Waals surface area contributed by atoms with Crippen LogP contribution in [-0.4, -0.2) is 21.8 Å². The highest BCUT2D eigenvalue weighted by Crippen LogP contribution is 2.30. The summed E-state index contributed by atoms with van der Waals surface area (Å²) in [4.78, 5) is 31.3. The lowest BCUT2D eigenvalue weighted by Gasteiger charge is -2.23. The average Bonchev–Trinajstić information content (AvgIpc) is 3.04. The quantitative estimate of drug-likeness (QED) is 0.182. The summed E-state index contributed by atoms with van der Waals surface area (Å²) in [6, 6.07) is 32.3. The molecule has 0 aliphatic carbocycles. The van der Waals surface area contributed by atoms with Crippen molar-refractivity contribution in [1.82, 2.24) is 15.2 Å². The van der Waals surface area contributed by atoms with E-state index in [-0.39, 0.29) is 24.7 Å². The maximum absolute atomic E-state index is 13.2. The second kappa shape index (κ2) is 13.7. The van der Waals surface area contributed by atoms with E-state index in [9.17, 15) is 22.8 Å². The molecule has 0 bridgehead atoms. The van der Waals surface area contributed by atoms with E-state index in [1.165, 1.54) is 12.1 Å². The van der Waals surface area contributed by atoms with Crippen molar-refractivity contribution >= 4 is 17.6 Å². The van der Waals surface area contributed by atoms with E-state index in [0.717, 1.165) is 39.9 Å². The fourth-order valence-corrected chi connectivity index (χ4v) is 4.57. The predicted octanol–water partition coefficient (Wildman–Crippen LogP) is 7.93. The molecule has 9 heteroatoms. The number of urea groups is 1. The van der Waals surface area contributed by atoms with E-state index in [1.807, 2.05) is 72.8 Å². The van der Waals surface area contributed by atoms with Crippen molar-refractivity contribution in [3.8, 4) is 11.1 Å². The van der Waals surface area contributed by atoms with Gasteiger partial charge in [-0.25, -0.2) is 4.79 Å². The fraction of sp³-hybridized carbons (Fsp3) is 0.114. The number of nitrogens with zero attached hydrogens (tertiary/aromatic N) is 2. The van der Waals surface area contributed by atoms with Crippen LogP contribution < -0.4 is 10.6 Å². The molecule has 5 aromatic rings. The summed E-state index contributed by atoms with van der Waals surface area (Å²) in [5.74, 6) is -0.129. The molecule has 0 fully saturated rings. The lowest BCUT2D eigenvalue weighted by molar-refractivity contribution is -0.137. The van der Waals surface area contributed by atoms with Gasteiger partial charge in [0.1, 0.15) is 0 Å².